The molecule has 5 nitrogen and oxygen atoms in total. The molecule has 1 aliphatic heterocycles. The van der Waals surface area contributed by atoms with Crippen LogP contribution in [0.25, 0.3) is 10.7 Å². The number of carbonyl (C=O) groups is 1. The normalized spacial score (nSPS) is 18.4. The molecule has 0 radical (unpaired) electrons. The van der Waals surface area contributed by atoms with Crippen LogP contribution in [0.15, 0.2) is 17.5 Å². The van der Waals surface area contributed by atoms with Crippen LogP contribution in [-0.2, 0) is 22.5 Å². The zero-order chi connectivity index (χ0) is 12.5. The first kappa shape index (κ1) is 11.4. The molecule has 3 heterocycles. The van der Waals surface area contributed by atoms with Gasteiger partial charge < -0.3 is 4.74 Å². The molecular formula is C12H13N3O2S. The maximum absolute atomic E-state index is 11.5. The lowest BCUT2D eigenvalue weighted by molar-refractivity contribution is -0.146. The van der Waals surface area contributed by atoms with Gasteiger partial charge in [0.15, 0.2) is 5.82 Å². The van der Waals surface area contributed by atoms with Crippen molar-refractivity contribution in [2.75, 3.05) is 7.11 Å². The van der Waals surface area contributed by atoms with E-state index in [1.807, 2.05) is 22.2 Å². The number of rotatable bonds is 2. The molecule has 94 valence electrons. The Bertz CT molecular complexity index is 562. The Morgan fingerprint density at radius 1 is 1.61 bits per heavy atom. The lowest BCUT2D eigenvalue weighted by atomic mass is 10.0. The Morgan fingerprint density at radius 2 is 2.50 bits per heavy atom. The van der Waals surface area contributed by atoms with Crippen LogP contribution in [0.5, 0.6) is 0 Å². The van der Waals surface area contributed by atoms with Crippen molar-refractivity contribution in [1.29, 1.82) is 0 Å². The number of aryl methyl sites for hydroxylation is 1. The molecule has 3 rings (SSSR count). The van der Waals surface area contributed by atoms with E-state index in [1.165, 1.54) is 7.11 Å². The van der Waals surface area contributed by atoms with E-state index in [4.69, 9.17) is 4.74 Å². The van der Waals surface area contributed by atoms with Gasteiger partial charge in [0.25, 0.3) is 0 Å². The van der Waals surface area contributed by atoms with Gasteiger partial charge in [-0.3, -0.25) is 4.79 Å². The first-order chi connectivity index (χ1) is 8.78. The summed E-state index contributed by atoms with van der Waals surface area (Å²) in [4.78, 5) is 17.1. The molecule has 6 heteroatoms. The number of aromatic nitrogens is 3. The Hall–Kier alpha value is -1.69. The molecular weight excluding hydrogens is 250 g/mol. The van der Waals surface area contributed by atoms with E-state index < -0.39 is 0 Å². The van der Waals surface area contributed by atoms with Gasteiger partial charge in [-0.2, -0.15) is 0 Å². The van der Waals surface area contributed by atoms with Crippen molar-refractivity contribution in [3.05, 3.63) is 23.3 Å². The van der Waals surface area contributed by atoms with Crippen molar-refractivity contribution in [2.24, 2.45) is 5.92 Å². The highest BCUT2D eigenvalue weighted by Crippen LogP contribution is 2.25. The minimum atomic E-state index is -0.158. The van der Waals surface area contributed by atoms with Crippen molar-refractivity contribution >= 4 is 17.3 Å². The first-order valence-electron chi connectivity index (χ1n) is 5.83. The summed E-state index contributed by atoms with van der Waals surface area (Å²) in [7, 11) is 1.43. The van der Waals surface area contributed by atoms with Crippen LogP contribution >= 0.6 is 11.3 Å². The minimum absolute atomic E-state index is 0.0969. The van der Waals surface area contributed by atoms with Crippen molar-refractivity contribution < 1.29 is 9.53 Å². The number of ether oxygens (including phenoxy) is 1. The Balaban J connectivity index is 1.86. The van der Waals surface area contributed by atoms with Crippen molar-refractivity contribution in [2.45, 2.75) is 19.4 Å². The molecule has 2 aromatic heterocycles. The van der Waals surface area contributed by atoms with E-state index in [2.05, 4.69) is 10.1 Å². The fraction of sp³-hybridized carbons (Fsp3) is 0.417. The van der Waals surface area contributed by atoms with E-state index >= 15 is 0 Å². The monoisotopic (exact) mass is 263 g/mol. The van der Waals surface area contributed by atoms with Gasteiger partial charge in [-0.05, 0) is 17.9 Å². The predicted octanol–water partition coefficient (Wildman–Crippen LogP) is 1.74. The summed E-state index contributed by atoms with van der Waals surface area (Å²) in [5.41, 5.74) is 0. The van der Waals surface area contributed by atoms with Gasteiger partial charge in [-0.15, -0.1) is 16.4 Å². The third-order valence-corrected chi connectivity index (χ3v) is 4.00. The summed E-state index contributed by atoms with van der Waals surface area (Å²) in [6.45, 7) is 0.570. The van der Waals surface area contributed by atoms with Gasteiger partial charge in [0.1, 0.15) is 5.82 Å². The summed E-state index contributed by atoms with van der Waals surface area (Å²) in [5.74, 6) is 1.46. The van der Waals surface area contributed by atoms with Gasteiger partial charge in [-0.25, -0.2) is 9.67 Å². The Kier molecular flexibility index (Phi) is 2.87. The van der Waals surface area contributed by atoms with Gasteiger partial charge >= 0.3 is 5.97 Å². The molecule has 0 bridgehead atoms. The van der Waals surface area contributed by atoms with Gasteiger partial charge in [0.2, 0.25) is 0 Å². The third kappa shape index (κ3) is 1.92. The number of carbonyl (C=O) groups excluding carboxylic acids is 1. The SMILES string of the molecule is COC(=O)C1CCc2nc(-c3cccs3)nn2C1. The second-order valence-corrected chi connectivity index (χ2v) is 5.22. The van der Waals surface area contributed by atoms with Gasteiger partial charge in [0.05, 0.1) is 24.4 Å². The highest BCUT2D eigenvalue weighted by molar-refractivity contribution is 7.13. The number of esters is 1. The maximum atomic E-state index is 11.5. The van der Waals surface area contributed by atoms with E-state index in [0.717, 1.165) is 29.4 Å². The fourth-order valence-corrected chi connectivity index (χ4v) is 2.83. The first-order valence-corrected chi connectivity index (χ1v) is 6.71. The molecule has 1 unspecified atom stereocenters. The molecule has 0 N–H and O–H groups in total. The molecule has 2 aromatic rings. The number of fused-ring (bicyclic) bond motifs is 1. The topological polar surface area (TPSA) is 57.0 Å². The lowest BCUT2D eigenvalue weighted by Crippen LogP contribution is -2.28. The van der Waals surface area contributed by atoms with Gasteiger partial charge in [0, 0.05) is 6.42 Å². The predicted molar refractivity (Wildman–Crippen MR) is 67.2 cm³/mol. The van der Waals surface area contributed by atoms with Crippen molar-refractivity contribution in [3.8, 4) is 10.7 Å². The van der Waals surface area contributed by atoms with E-state index in [9.17, 15) is 4.79 Å². The highest BCUT2D eigenvalue weighted by atomic mass is 32.1. The third-order valence-electron chi connectivity index (χ3n) is 3.13. The molecule has 0 aliphatic carbocycles. The average molecular weight is 263 g/mol. The number of thiophene rings is 1. The summed E-state index contributed by atoms with van der Waals surface area (Å²) < 4.78 is 6.62. The summed E-state index contributed by atoms with van der Waals surface area (Å²) in [6.07, 6.45) is 1.56. The summed E-state index contributed by atoms with van der Waals surface area (Å²) in [6, 6.07) is 3.99. The lowest BCUT2D eigenvalue weighted by Gasteiger charge is -2.19. The van der Waals surface area contributed by atoms with Gasteiger partial charge in [-0.1, -0.05) is 6.07 Å². The molecule has 18 heavy (non-hydrogen) atoms. The highest BCUT2D eigenvalue weighted by Gasteiger charge is 2.27. The number of methoxy groups -OCH3 is 1. The zero-order valence-corrected chi connectivity index (χ0v) is 10.8. The quantitative estimate of drug-likeness (QED) is 0.774. The van der Waals surface area contributed by atoms with Crippen LogP contribution in [0.2, 0.25) is 0 Å². The summed E-state index contributed by atoms with van der Waals surface area (Å²) in [5, 5.41) is 6.47. The summed E-state index contributed by atoms with van der Waals surface area (Å²) >= 11 is 1.62. The zero-order valence-electron chi connectivity index (χ0n) is 10.00. The molecule has 0 amide bonds. The largest absolute Gasteiger partial charge is 0.469 e. The van der Waals surface area contributed by atoms with Crippen LogP contribution < -0.4 is 0 Å². The molecule has 0 saturated heterocycles. The van der Waals surface area contributed by atoms with E-state index in [0.29, 0.717) is 6.54 Å². The molecule has 0 aromatic carbocycles. The fourth-order valence-electron chi connectivity index (χ4n) is 2.18. The molecule has 1 aliphatic rings. The van der Waals surface area contributed by atoms with Crippen LogP contribution in [0, 0.1) is 5.92 Å². The second kappa shape index (κ2) is 4.53. The second-order valence-electron chi connectivity index (χ2n) is 4.27. The Labute approximate surface area is 108 Å². The standard InChI is InChI=1S/C12H13N3O2S/c1-17-12(16)8-4-5-10-13-11(14-15(10)7-8)9-3-2-6-18-9/h2-3,6,8H,4-5,7H2,1H3. The number of nitrogens with zero attached hydrogens (tertiary/aromatic N) is 3. The maximum Gasteiger partial charge on any atom is 0.310 e. The van der Waals surface area contributed by atoms with Crippen LogP contribution in [-0.4, -0.2) is 27.8 Å². The van der Waals surface area contributed by atoms with E-state index in [1.54, 1.807) is 11.3 Å². The smallest absolute Gasteiger partial charge is 0.310 e. The van der Waals surface area contributed by atoms with Crippen molar-refractivity contribution in [1.82, 2.24) is 14.8 Å². The Morgan fingerprint density at radius 3 is 3.22 bits per heavy atom. The molecule has 1 atom stereocenters. The van der Waals surface area contributed by atoms with Crippen LogP contribution in [0.3, 0.4) is 0 Å². The van der Waals surface area contributed by atoms with Crippen molar-refractivity contribution in [3.63, 3.8) is 0 Å². The number of hydrogen-bond acceptors (Lipinski definition) is 5. The average Bonchev–Trinajstić information content (AvgIpc) is 3.04. The van der Waals surface area contributed by atoms with Crippen LogP contribution in [0.1, 0.15) is 12.2 Å². The van der Waals surface area contributed by atoms with Crippen LogP contribution in [0.4, 0.5) is 0 Å². The molecule has 0 saturated carbocycles. The van der Waals surface area contributed by atoms with E-state index in [-0.39, 0.29) is 11.9 Å². The molecule has 0 spiro atoms. The number of hydrogen-bond donors (Lipinski definition) is 0. The minimum Gasteiger partial charge on any atom is -0.469 e. The molecule has 0 fully saturated rings.